The summed E-state index contributed by atoms with van der Waals surface area (Å²) < 4.78 is 26.9. The molecule has 2 rings (SSSR count). The van der Waals surface area contributed by atoms with Gasteiger partial charge in [-0.15, -0.1) is 0 Å². The van der Waals surface area contributed by atoms with E-state index >= 15 is 0 Å². The number of nitrogens with one attached hydrogen (secondary N) is 1. The van der Waals surface area contributed by atoms with Crippen molar-refractivity contribution >= 4 is 15.7 Å². The molecule has 0 unspecified atom stereocenters. The van der Waals surface area contributed by atoms with Crippen LogP contribution in [0.2, 0.25) is 0 Å². The molecule has 3 N–H and O–H groups in total. The molecule has 0 amide bonds. The first-order valence-corrected chi connectivity index (χ1v) is 7.76. The lowest BCUT2D eigenvalue weighted by Gasteiger charge is -2.38. The molecule has 1 aliphatic rings. The maximum atomic E-state index is 12.2. The zero-order chi connectivity index (χ0) is 15.0. The molecule has 1 aromatic rings. The second kappa shape index (κ2) is 5.12. The maximum absolute atomic E-state index is 12.2. The predicted octanol–water partition coefficient (Wildman–Crippen LogP) is 1.06. The first-order valence-electron chi connectivity index (χ1n) is 6.28. The van der Waals surface area contributed by atoms with Crippen LogP contribution in [0.15, 0.2) is 23.1 Å². The lowest BCUT2D eigenvalue weighted by Crippen LogP contribution is -2.54. The van der Waals surface area contributed by atoms with Crippen molar-refractivity contribution in [3.05, 3.63) is 33.9 Å². The molecular formula is C12H17N3O4S. The summed E-state index contributed by atoms with van der Waals surface area (Å²) in [5.41, 5.74) is 5.40. The predicted molar refractivity (Wildman–Crippen MR) is 73.8 cm³/mol. The van der Waals surface area contributed by atoms with Crippen molar-refractivity contribution in [2.75, 3.05) is 6.54 Å². The first kappa shape index (κ1) is 14.9. The van der Waals surface area contributed by atoms with Gasteiger partial charge in [0.1, 0.15) is 0 Å². The molecule has 0 spiro atoms. The third-order valence-corrected chi connectivity index (χ3v) is 5.25. The van der Waals surface area contributed by atoms with Crippen LogP contribution in [-0.2, 0) is 10.0 Å². The fourth-order valence-electron chi connectivity index (χ4n) is 2.22. The lowest BCUT2D eigenvalue weighted by atomic mass is 9.78. The lowest BCUT2D eigenvalue weighted by molar-refractivity contribution is -0.385. The first-order chi connectivity index (χ1) is 9.25. The van der Waals surface area contributed by atoms with Crippen molar-refractivity contribution in [1.29, 1.82) is 0 Å². The molecule has 1 fully saturated rings. The number of nitrogens with zero attached hydrogens (tertiary/aromatic N) is 1. The molecule has 0 radical (unpaired) electrons. The minimum atomic E-state index is -3.79. The highest BCUT2D eigenvalue weighted by Crippen LogP contribution is 2.29. The maximum Gasteiger partial charge on any atom is 0.273 e. The molecule has 0 heterocycles. The van der Waals surface area contributed by atoms with E-state index in [9.17, 15) is 18.5 Å². The molecule has 20 heavy (non-hydrogen) atoms. The summed E-state index contributed by atoms with van der Waals surface area (Å²) in [5, 5.41) is 10.8. The van der Waals surface area contributed by atoms with Gasteiger partial charge in [0.05, 0.1) is 9.82 Å². The van der Waals surface area contributed by atoms with Gasteiger partial charge < -0.3 is 5.73 Å². The molecule has 1 aliphatic carbocycles. The van der Waals surface area contributed by atoms with Gasteiger partial charge in [-0.05, 0) is 32.3 Å². The summed E-state index contributed by atoms with van der Waals surface area (Å²) >= 11 is 0. The number of nitrogens with two attached hydrogens (primary N) is 1. The Balaban J connectivity index is 2.25. The van der Waals surface area contributed by atoms with Gasteiger partial charge in [0, 0.05) is 23.7 Å². The Morgan fingerprint density at radius 1 is 1.45 bits per heavy atom. The SMILES string of the molecule is Cc1c([N+](=O)[O-])cccc1S(=O)(=O)NCC1(N)CCC1. The summed E-state index contributed by atoms with van der Waals surface area (Å²) in [5.74, 6) is 0. The van der Waals surface area contributed by atoms with Gasteiger partial charge >= 0.3 is 0 Å². The summed E-state index contributed by atoms with van der Waals surface area (Å²) in [6.45, 7) is 1.58. The van der Waals surface area contributed by atoms with Gasteiger partial charge in [0.2, 0.25) is 10.0 Å². The van der Waals surface area contributed by atoms with E-state index in [-0.39, 0.29) is 22.7 Å². The highest BCUT2D eigenvalue weighted by Gasteiger charge is 2.34. The number of sulfonamides is 1. The van der Waals surface area contributed by atoms with E-state index in [1.807, 2.05) is 0 Å². The van der Waals surface area contributed by atoms with Crippen LogP contribution in [0.5, 0.6) is 0 Å². The minimum Gasteiger partial charge on any atom is -0.324 e. The van der Waals surface area contributed by atoms with Crippen molar-refractivity contribution in [2.24, 2.45) is 5.73 Å². The third-order valence-electron chi connectivity index (χ3n) is 3.71. The number of hydrogen-bond donors (Lipinski definition) is 2. The molecule has 7 nitrogen and oxygen atoms in total. The van der Waals surface area contributed by atoms with Crippen LogP contribution < -0.4 is 10.5 Å². The Morgan fingerprint density at radius 2 is 2.10 bits per heavy atom. The molecule has 1 saturated carbocycles. The average Bonchev–Trinajstić information content (AvgIpc) is 2.34. The third kappa shape index (κ3) is 2.82. The van der Waals surface area contributed by atoms with E-state index in [4.69, 9.17) is 5.73 Å². The van der Waals surface area contributed by atoms with Gasteiger partial charge in [-0.3, -0.25) is 10.1 Å². The Bertz CT molecular complexity index is 638. The molecule has 0 atom stereocenters. The van der Waals surface area contributed by atoms with Gasteiger partial charge in [-0.1, -0.05) is 6.07 Å². The van der Waals surface area contributed by atoms with Crippen LogP contribution >= 0.6 is 0 Å². The number of hydrogen-bond acceptors (Lipinski definition) is 5. The molecule has 1 aromatic carbocycles. The van der Waals surface area contributed by atoms with Crippen molar-refractivity contribution < 1.29 is 13.3 Å². The minimum absolute atomic E-state index is 0.0744. The van der Waals surface area contributed by atoms with E-state index in [1.165, 1.54) is 25.1 Å². The number of rotatable bonds is 5. The number of nitro benzene ring substituents is 1. The molecular weight excluding hydrogens is 282 g/mol. The zero-order valence-electron chi connectivity index (χ0n) is 11.1. The van der Waals surface area contributed by atoms with Gasteiger partial charge in [0.15, 0.2) is 0 Å². The smallest absolute Gasteiger partial charge is 0.273 e. The van der Waals surface area contributed by atoms with Gasteiger partial charge in [0.25, 0.3) is 5.69 Å². The fraction of sp³-hybridized carbons (Fsp3) is 0.500. The van der Waals surface area contributed by atoms with E-state index in [1.54, 1.807) is 0 Å². The van der Waals surface area contributed by atoms with Crippen LogP contribution in [0.4, 0.5) is 5.69 Å². The van der Waals surface area contributed by atoms with E-state index < -0.39 is 20.5 Å². The number of benzene rings is 1. The Kier molecular flexibility index (Phi) is 3.81. The largest absolute Gasteiger partial charge is 0.324 e. The quantitative estimate of drug-likeness (QED) is 0.623. The van der Waals surface area contributed by atoms with E-state index in [0.29, 0.717) is 0 Å². The zero-order valence-corrected chi connectivity index (χ0v) is 11.9. The monoisotopic (exact) mass is 299 g/mol. The normalized spacial score (nSPS) is 17.5. The van der Waals surface area contributed by atoms with Crippen LogP contribution in [0.3, 0.4) is 0 Å². The molecule has 0 saturated heterocycles. The van der Waals surface area contributed by atoms with Gasteiger partial charge in [-0.25, -0.2) is 13.1 Å². The van der Waals surface area contributed by atoms with E-state index in [0.717, 1.165) is 19.3 Å². The Hall–Kier alpha value is -1.51. The van der Waals surface area contributed by atoms with Crippen molar-refractivity contribution in [1.82, 2.24) is 4.72 Å². The highest BCUT2D eigenvalue weighted by molar-refractivity contribution is 7.89. The molecule has 0 aliphatic heterocycles. The number of nitro groups is 1. The molecule has 0 bridgehead atoms. The van der Waals surface area contributed by atoms with Crippen LogP contribution in [0.1, 0.15) is 24.8 Å². The molecule has 110 valence electrons. The van der Waals surface area contributed by atoms with E-state index in [2.05, 4.69) is 4.72 Å². The standard InChI is InChI=1S/C12H17N3O4S/c1-9-10(15(16)17)4-2-5-11(9)20(18,19)14-8-12(13)6-3-7-12/h2,4-5,14H,3,6-8,13H2,1H3. The summed E-state index contributed by atoms with van der Waals surface area (Å²) in [6.07, 6.45) is 2.56. The van der Waals surface area contributed by atoms with Crippen molar-refractivity contribution in [3.63, 3.8) is 0 Å². The summed E-state index contributed by atoms with van der Waals surface area (Å²) in [4.78, 5) is 10.2. The summed E-state index contributed by atoms with van der Waals surface area (Å²) in [7, 11) is -3.79. The second-order valence-electron chi connectivity index (χ2n) is 5.20. The van der Waals surface area contributed by atoms with Crippen LogP contribution in [0, 0.1) is 17.0 Å². The topological polar surface area (TPSA) is 115 Å². The van der Waals surface area contributed by atoms with Crippen LogP contribution in [0.25, 0.3) is 0 Å². The average molecular weight is 299 g/mol. The summed E-state index contributed by atoms with van der Waals surface area (Å²) in [6, 6.07) is 4.00. The van der Waals surface area contributed by atoms with Crippen LogP contribution in [-0.4, -0.2) is 25.4 Å². The molecule has 8 heteroatoms. The van der Waals surface area contributed by atoms with Gasteiger partial charge in [-0.2, -0.15) is 0 Å². The van der Waals surface area contributed by atoms with Crippen molar-refractivity contribution in [3.8, 4) is 0 Å². The molecule has 0 aromatic heterocycles. The highest BCUT2D eigenvalue weighted by atomic mass is 32.2. The second-order valence-corrected chi connectivity index (χ2v) is 6.93. The fourth-order valence-corrected chi connectivity index (χ4v) is 3.61. The Labute approximate surface area is 117 Å². The Morgan fingerprint density at radius 3 is 2.60 bits per heavy atom. The van der Waals surface area contributed by atoms with Crippen molar-refractivity contribution in [2.45, 2.75) is 36.6 Å².